The summed E-state index contributed by atoms with van der Waals surface area (Å²) in [6, 6.07) is 8.27. The molecular weight excluding hydrogens is 443 g/mol. The summed E-state index contributed by atoms with van der Waals surface area (Å²) in [5, 5.41) is 14.9. The van der Waals surface area contributed by atoms with Gasteiger partial charge in [-0.05, 0) is 62.2 Å². The van der Waals surface area contributed by atoms with Crippen molar-refractivity contribution in [2.75, 3.05) is 25.2 Å². The molecule has 3 aromatic rings. The van der Waals surface area contributed by atoms with Crippen LogP contribution in [0, 0.1) is 11.2 Å². The number of hydrogen-bond acceptors (Lipinski definition) is 6. The van der Waals surface area contributed by atoms with Crippen molar-refractivity contribution in [2.24, 2.45) is 0 Å². The van der Waals surface area contributed by atoms with Crippen molar-refractivity contribution in [3.8, 4) is 5.75 Å². The average molecular weight is 473 g/mol. The van der Waals surface area contributed by atoms with Gasteiger partial charge in [0.25, 0.3) is 0 Å². The SMILES string of the molecule is CN[SH]1(=O)C[C@@](C)(c2cc(Nc3ccnc4cc(OC)cnc34)ccc2F)NC(=N)C1(C)C. The molecule has 0 unspecified atom stereocenters. The standard InChI is InChI=1S/C23H29FN6O2S/c1-22(2)21(25)30-23(3,13-33(22,31)26-4)16-10-14(6-7-17(16)24)29-18-8-9-27-19-11-15(32-5)12-28-20(18)19/h6-12,33H,13H2,1-5H3,(H2,25,30)(H,26,31)(H,27,29)/t23-/m0/s1. The Labute approximate surface area is 193 Å². The van der Waals surface area contributed by atoms with E-state index in [1.165, 1.54) is 6.07 Å². The lowest BCUT2D eigenvalue weighted by Crippen LogP contribution is -2.69. The molecule has 10 heteroatoms. The second-order valence-corrected chi connectivity index (χ2v) is 12.3. The van der Waals surface area contributed by atoms with Gasteiger partial charge in [0.1, 0.15) is 22.9 Å². The Morgan fingerprint density at radius 2 is 1.97 bits per heavy atom. The normalized spacial score (nSPS) is 22.4. The number of pyridine rings is 2. The van der Waals surface area contributed by atoms with Crippen LogP contribution in [-0.2, 0) is 15.7 Å². The predicted molar refractivity (Wildman–Crippen MR) is 132 cm³/mol. The summed E-state index contributed by atoms with van der Waals surface area (Å²) in [6.07, 6.45) is 3.27. The minimum Gasteiger partial charge on any atom is -0.495 e. The highest BCUT2D eigenvalue weighted by molar-refractivity contribution is 8.03. The molecule has 176 valence electrons. The van der Waals surface area contributed by atoms with Gasteiger partial charge >= 0.3 is 0 Å². The zero-order valence-electron chi connectivity index (χ0n) is 19.3. The fourth-order valence-electron chi connectivity index (χ4n) is 4.21. The van der Waals surface area contributed by atoms with Crippen molar-refractivity contribution >= 4 is 38.4 Å². The van der Waals surface area contributed by atoms with Gasteiger partial charge < -0.3 is 15.4 Å². The maximum atomic E-state index is 15.1. The van der Waals surface area contributed by atoms with Gasteiger partial charge in [-0.2, -0.15) is 0 Å². The monoisotopic (exact) mass is 472 g/mol. The molecule has 4 rings (SSSR count). The molecule has 33 heavy (non-hydrogen) atoms. The second kappa shape index (κ2) is 8.03. The van der Waals surface area contributed by atoms with E-state index in [-0.39, 0.29) is 11.6 Å². The lowest BCUT2D eigenvalue weighted by molar-refractivity contribution is 0.413. The summed E-state index contributed by atoms with van der Waals surface area (Å²) < 4.78 is 36.0. The predicted octanol–water partition coefficient (Wildman–Crippen LogP) is 3.25. The summed E-state index contributed by atoms with van der Waals surface area (Å²) in [7, 11) is 0.163. The molecule has 1 fully saturated rings. The van der Waals surface area contributed by atoms with E-state index in [0.717, 1.165) is 0 Å². The summed E-state index contributed by atoms with van der Waals surface area (Å²) in [5.41, 5.74) is 1.95. The van der Waals surface area contributed by atoms with E-state index in [2.05, 4.69) is 25.3 Å². The number of amidine groups is 1. The molecule has 0 amide bonds. The van der Waals surface area contributed by atoms with Crippen LogP contribution in [0.5, 0.6) is 5.75 Å². The molecule has 0 saturated carbocycles. The van der Waals surface area contributed by atoms with Crippen molar-refractivity contribution in [2.45, 2.75) is 31.1 Å². The van der Waals surface area contributed by atoms with Crippen LogP contribution in [0.4, 0.5) is 15.8 Å². The minimum atomic E-state index is -3.04. The number of aromatic nitrogens is 2. The van der Waals surface area contributed by atoms with Crippen LogP contribution in [0.25, 0.3) is 11.0 Å². The van der Waals surface area contributed by atoms with Crippen LogP contribution < -0.4 is 20.1 Å². The minimum absolute atomic E-state index is 0.116. The van der Waals surface area contributed by atoms with Crippen LogP contribution >= 0.6 is 0 Å². The molecule has 3 heterocycles. The molecule has 0 aliphatic carbocycles. The van der Waals surface area contributed by atoms with Gasteiger partial charge in [0.2, 0.25) is 0 Å². The van der Waals surface area contributed by atoms with E-state index in [9.17, 15) is 4.21 Å². The molecule has 1 atom stereocenters. The lowest BCUT2D eigenvalue weighted by atomic mass is 9.91. The first-order valence-electron chi connectivity index (χ1n) is 10.5. The Bertz CT molecular complexity index is 1300. The van der Waals surface area contributed by atoms with Crippen LogP contribution in [0.15, 0.2) is 42.7 Å². The van der Waals surface area contributed by atoms with Crippen LogP contribution in [0.2, 0.25) is 0 Å². The topological polar surface area (TPSA) is 112 Å². The van der Waals surface area contributed by atoms with Crippen LogP contribution in [0.1, 0.15) is 26.3 Å². The Morgan fingerprint density at radius 3 is 2.67 bits per heavy atom. The van der Waals surface area contributed by atoms with Crippen molar-refractivity contribution in [1.82, 2.24) is 20.0 Å². The lowest BCUT2D eigenvalue weighted by Gasteiger charge is -2.51. The third-order valence-corrected chi connectivity index (χ3v) is 10.3. The van der Waals surface area contributed by atoms with Gasteiger partial charge in [0, 0.05) is 29.3 Å². The summed E-state index contributed by atoms with van der Waals surface area (Å²) in [5.74, 6) is 0.441. The molecule has 2 aromatic heterocycles. The number of ether oxygens (including phenoxy) is 1. The molecule has 1 aromatic carbocycles. The van der Waals surface area contributed by atoms with Crippen molar-refractivity contribution < 1.29 is 13.3 Å². The molecule has 1 aliphatic rings. The van der Waals surface area contributed by atoms with Gasteiger partial charge in [0.15, 0.2) is 0 Å². The van der Waals surface area contributed by atoms with E-state index in [1.807, 2.05) is 0 Å². The van der Waals surface area contributed by atoms with Gasteiger partial charge in [-0.15, -0.1) is 0 Å². The van der Waals surface area contributed by atoms with Crippen molar-refractivity contribution in [3.63, 3.8) is 0 Å². The van der Waals surface area contributed by atoms with Crippen molar-refractivity contribution in [1.29, 1.82) is 5.41 Å². The number of methoxy groups -OCH3 is 1. The first kappa shape index (κ1) is 23.1. The largest absolute Gasteiger partial charge is 0.495 e. The average Bonchev–Trinajstić information content (AvgIpc) is 2.78. The number of thiol groups is 1. The number of hydrogen-bond donors (Lipinski definition) is 5. The third kappa shape index (κ3) is 3.83. The maximum absolute atomic E-state index is 15.1. The van der Waals surface area contributed by atoms with Crippen molar-refractivity contribution in [3.05, 3.63) is 54.1 Å². The molecule has 4 N–H and O–H groups in total. The first-order valence-corrected chi connectivity index (χ1v) is 12.4. The van der Waals surface area contributed by atoms with E-state index >= 15 is 4.39 Å². The quantitative estimate of drug-likeness (QED) is 0.365. The number of anilines is 2. The summed E-state index contributed by atoms with van der Waals surface area (Å²) in [4.78, 5) is 8.78. The van der Waals surface area contributed by atoms with Gasteiger partial charge in [-0.3, -0.25) is 19.3 Å². The smallest absolute Gasteiger partial charge is 0.139 e. The maximum Gasteiger partial charge on any atom is 0.139 e. The van der Waals surface area contributed by atoms with E-state index in [4.69, 9.17) is 10.1 Å². The van der Waals surface area contributed by atoms with E-state index in [1.54, 1.807) is 71.6 Å². The van der Waals surface area contributed by atoms with E-state index in [0.29, 0.717) is 33.7 Å². The molecule has 1 saturated heterocycles. The first-order chi connectivity index (χ1) is 15.5. The molecule has 0 radical (unpaired) electrons. The number of rotatable bonds is 5. The molecule has 0 bridgehead atoms. The molecule has 0 spiro atoms. The Morgan fingerprint density at radius 1 is 1.21 bits per heavy atom. The zero-order chi connectivity index (χ0) is 24.0. The second-order valence-electron chi connectivity index (χ2n) is 8.93. The van der Waals surface area contributed by atoms with Gasteiger partial charge in [0.05, 0.1) is 34.8 Å². The summed E-state index contributed by atoms with van der Waals surface area (Å²) in [6.45, 7) is 5.31. The van der Waals surface area contributed by atoms with Gasteiger partial charge in [-0.1, -0.05) is 0 Å². The Kier molecular flexibility index (Phi) is 5.61. The highest BCUT2D eigenvalue weighted by Gasteiger charge is 2.50. The summed E-state index contributed by atoms with van der Waals surface area (Å²) >= 11 is 0. The Balaban J connectivity index is 1.73. The zero-order valence-corrected chi connectivity index (χ0v) is 20.2. The number of benzene rings is 1. The third-order valence-electron chi connectivity index (χ3n) is 6.44. The van der Waals surface area contributed by atoms with Crippen LogP contribution in [-0.4, -0.2) is 44.7 Å². The fraction of sp³-hybridized carbons (Fsp3) is 0.348. The van der Waals surface area contributed by atoms with E-state index < -0.39 is 26.2 Å². The molecular formula is C23H29FN6O2S. The number of nitrogens with one attached hydrogen (secondary N) is 4. The fourth-order valence-corrected chi connectivity index (χ4v) is 6.88. The van der Waals surface area contributed by atoms with Crippen LogP contribution in [0.3, 0.4) is 0 Å². The number of halogens is 1. The number of fused-ring (bicyclic) bond motifs is 1. The molecule has 8 nitrogen and oxygen atoms in total. The number of nitrogens with zero attached hydrogens (tertiary/aromatic N) is 2. The molecule has 1 aliphatic heterocycles. The van der Waals surface area contributed by atoms with Gasteiger partial charge in [-0.25, -0.2) is 9.37 Å². The highest BCUT2D eigenvalue weighted by Crippen LogP contribution is 2.38. The highest BCUT2D eigenvalue weighted by atomic mass is 32.3. The Hall–Kier alpha value is -3.11.